The highest BCUT2D eigenvalue weighted by Gasteiger charge is 2.21. The number of aromatic nitrogens is 2. The number of nitrogens with one attached hydrogen (secondary N) is 1. The second kappa shape index (κ2) is 9.39. The third kappa shape index (κ3) is 5.18. The van der Waals surface area contributed by atoms with Gasteiger partial charge < -0.3 is 15.1 Å². The van der Waals surface area contributed by atoms with Gasteiger partial charge in [-0.15, -0.1) is 0 Å². The first-order valence-electron chi connectivity index (χ1n) is 9.60. The Kier molecular flexibility index (Phi) is 6.65. The number of nitrogens with zero attached hydrogens (tertiary/aromatic N) is 5. The molecule has 1 aliphatic carbocycles. The molecule has 2 heterocycles. The monoisotopic (exact) mass is 342 g/mol. The molecule has 1 aromatic heterocycles. The Morgan fingerprint density at radius 1 is 1.16 bits per heavy atom. The van der Waals surface area contributed by atoms with Crippen molar-refractivity contribution in [2.24, 2.45) is 4.99 Å². The first-order valence-corrected chi connectivity index (χ1v) is 9.60. The zero-order valence-corrected chi connectivity index (χ0v) is 15.3. The van der Waals surface area contributed by atoms with E-state index in [1.165, 1.54) is 25.7 Å². The summed E-state index contributed by atoms with van der Waals surface area (Å²) in [6.45, 7) is 7.69. The van der Waals surface area contributed by atoms with E-state index in [-0.39, 0.29) is 0 Å². The van der Waals surface area contributed by atoms with Gasteiger partial charge in [-0.05, 0) is 45.1 Å². The summed E-state index contributed by atoms with van der Waals surface area (Å²) in [5.74, 6) is 1.88. The molecule has 136 valence electrons. The van der Waals surface area contributed by atoms with Crippen molar-refractivity contribution in [3.8, 4) is 0 Å². The third-order valence-electron chi connectivity index (χ3n) is 4.83. The number of hydrogen-bond acceptors (Lipinski definition) is 4. The highest BCUT2D eigenvalue weighted by Crippen LogP contribution is 2.20. The maximum absolute atomic E-state index is 4.87. The summed E-state index contributed by atoms with van der Waals surface area (Å²) in [6.07, 6.45) is 12.4. The van der Waals surface area contributed by atoms with E-state index < -0.39 is 0 Å². The van der Waals surface area contributed by atoms with Gasteiger partial charge in [-0.1, -0.05) is 11.6 Å². The molecule has 25 heavy (non-hydrogen) atoms. The molecule has 0 unspecified atom stereocenters. The summed E-state index contributed by atoms with van der Waals surface area (Å²) in [6, 6.07) is 1.86. The van der Waals surface area contributed by atoms with E-state index in [1.54, 1.807) is 18.0 Å². The van der Waals surface area contributed by atoms with Gasteiger partial charge in [-0.3, -0.25) is 4.99 Å². The van der Waals surface area contributed by atoms with Gasteiger partial charge in [0, 0.05) is 51.7 Å². The molecular weight excluding hydrogens is 312 g/mol. The Bertz CT molecular complexity index is 575. The van der Waals surface area contributed by atoms with Crippen LogP contribution in [0.15, 0.2) is 35.1 Å². The van der Waals surface area contributed by atoms with Crippen LogP contribution >= 0.6 is 0 Å². The summed E-state index contributed by atoms with van der Waals surface area (Å²) in [5.41, 5.74) is 1.59. The van der Waals surface area contributed by atoms with Crippen LogP contribution in [-0.2, 0) is 0 Å². The van der Waals surface area contributed by atoms with Crippen LogP contribution in [0.1, 0.15) is 39.0 Å². The van der Waals surface area contributed by atoms with Crippen molar-refractivity contribution < 1.29 is 0 Å². The van der Waals surface area contributed by atoms with Crippen LogP contribution in [0.5, 0.6) is 0 Å². The van der Waals surface area contributed by atoms with Crippen molar-refractivity contribution in [1.29, 1.82) is 0 Å². The maximum atomic E-state index is 4.87. The second-order valence-corrected chi connectivity index (χ2v) is 6.62. The van der Waals surface area contributed by atoms with Crippen LogP contribution in [-0.4, -0.2) is 60.1 Å². The topological polar surface area (TPSA) is 56.7 Å². The molecule has 0 saturated carbocycles. The van der Waals surface area contributed by atoms with Gasteiger partial charge in [-0.25, -0.2) is 9.97 Å². The quantitative estimate of drug-likeness (QED) is 0.506. The van der Waals surface area contributed by atoms with Crippen LogP contribution in [0.2, 0.25) is 0 Å². The Balaban J connectivity index is 1.52. The Morgan fingerprint density at radius 3 is 2.64 bits per heavy atom. The number of hydrogen-bond donors (Lipinski definition) is 1. The predicted octanol–water partition coefficient (Wildman–Crippen LogP) is 2.45. The Hall–Kier alpha value is -2.11. The average molecular weight is 342 g/mol. The van der Waals surface area contributed by atoms with Crippen LogP contribution in [0.25, 0.3) is 0 Å². The molecule has 0 aromatic carbocycles. The number of anilines is 1. The van der Waals surface area contributed by atoms with Crippen molar-refractivity contribution in [3.63, 3.8) is 0 Å². The molecule has 0 amide bonds. The summed E-state index contributed by atoms with van der Waals surface area (Å²) in [4.78, 5) is 18.2. The van der Waals surface area contributed by atoms with Gasteiger partial charge in [0.15, 0.2) is 5.96 Å². The zero-order valence-electron chi connectivity index (χ0n) is 15.3. The molecular formula is C19H30N6. The molecule has 0 bridgehead atoms. The molecule has 1 saturated heterocycles. The highest BCUT2D eigenvalue weighted by atomic mass is 15.4. The van der Waals surface area contributed by atoms with Crippen LogP contribution < -0.4 is 10.2 Å². The minimum absolute atomic E-state index is 0.827. The van der Waals surface area contributed by atoms with Crippen molar-refractivity contribution in [2.45, 2.75) is 39.0 Å². The smallest absolute Gasteiger partial charge is 0.225 e. The van der Waals surface area contributed by atoms with Crippen molar-refractivity contribution in [1.82, 2.24) is 20.2 Å². The molecule has 1 aromatic rings. The molecule has 1 aliphatic heterocycles. The Morgan fingerprint density at radius 2 is 1.96 bits per heavy atom. The summed E-state index contributed by atoms with van der Waals surface area (Å²) in [5, 5.41) is 3.45. The van der Waals surface area contributed by atoms with Gasteiger partial charge in [0.05, 0.1) is 0 Å². The SMILES string of the molecule is CCNC(=NCCC1=CCCCC1)N1CCN(c2ncccn2)CC1. The lowest BCUT2D eigenvalue weighted by molar-refractivity contribution is 0.370. The first-order chi connectivity index (χ1) is 12.4. The van der Waals surface area contributed by atoms with E-state index in [2.05, 4.69) is 38.1 Å². The Labute approximate surface area is 151 Å². The number of piperazine rings is 1. The fourth-order valence-electron chi connectivity index (χ4n) is 3.44. The largest absolute Gasteiger partial charge is 0.357 e. The van der Waals surface area contributed by atoms with Gasteiger partial charge in [-0.2, -0.15) is 0 Å². The molecule has 0 atom stereocenters. The van der Waals surface area contributed by atoms with E-state index in [0.717, 1.165) is 57.6 Å². The van der Waals surface area contributed by atoms with E-state index >= 15 is 0 Å². The zero-order chi connectivity index (χ0) is 17.3. The standard InChI is InChI=1S/C19H30N6/c1-2-20-18(23-12-9-17-7-4-3-5-8-17)24-13-15-25(16-14-24)19-21-10-6-11-22-19/h6-7,10-11H,2-5,8-9,12-16H2,1H3,(H,20,23). The molecule has 1 N–H and O–H groups in total. The molecule has 6 heteroatoms. The van der Waals surface area contributed by atoms with Crippen LogP contribution in [0.4, 0.5) is 5.95 Å². The fourth-order valence-corrected chi connectivity index (χ4v) is 3.44. The van der Waals surface area contributed by atoms with Gasteiger partial charge in [0.25, 0.3) is 0 Å². The molecule has 1 fully saturated rings. The lowest BCUT2D eigenvalue weighted by Crippen LogP contribution is -2.53. The summed E-state index contributed by atoms with van der Waals surface area (Å²) < 4.78 is 0. The minimum atomic E-state index is 0.827. The van der Waals surface area contributed by atoms with Crippen LogP contribution in [0.3, 0.4) is 0 Å². The fraction of sp³-hybridized carbons (Fsp3) is 0.632. The lowest BCUT2D eigenvalue weighted by Gasteiger charge is -2.36. The molecule has 2 aliphatic rings. The molecule has 3 rings (SSSR count). The second-order valence-electron chi connectivity index (χ2n) is 6.62. The van der Waals surface area contributed by atoms with E-state index in [4.69, 9.17) is 4.99 Å². The number of aliphatic imine (C=N–C) groups is 1. The lowest BCUT2D eigenvalue weighted by atomic mass is 9.97. The first kappa shape index (κ1) is 17.7. The summed E-state index contributed by atoms with van der Waals surface area (Å²) >= 11 is 0. The minimum Gasteiger partial charge on any atom is -0.357 e. The number of rotatable bonds is 5. The van der Waals surface area contributed by atoms with Crippen molar-refractivity contribution in [2.75, 3.05) is 44.2 Å². The average Bonchev–Trinajstić information content (AvgIpc) is 2.69. The molecule has 0 spiro atoms. The van der Waals surface area contributed by atoms with E-state index in [0.29, 0.717) is 0 Å². The van der Waals surface area contributed by atoms with Crippen molar-refractivity contribution in [3.05, 3.63) is 30.1 Å². The van der Waals surface area contributed by atoms with Crippen molar-refractivity contribution >= 4 is 11.9 Å². The number of allylic oxidation sites excluding steroid dienone is 1. The molecule has 0 radical (unpaired) electrons. The van der Waals surface area contributed by atoms with Crippen LogP contribution in [0, 0.1) is 0 Å². The maximum Gasteiger partial charge on any atom is 0.225 e. The summed E-state index contributed by atoms with van der Waals surface area (Å²) in [7, 11) is 0. The number of guanidine groups is 1. The van der Waals surface area contributed by atoms with E-state index in [1.807, 2.05) is 6.07 Å². The van der Waals surface area contributed by atoms with Gasteiger partial charge >= 0.3 is 0 Å². The normalized spacial score (nSPS) is 18.9. The highest BCUT2D eigenvalue weighted by molar-refractivity contribution is 5.80. The third-order valence-corrected chi connectivity index (χ3v) is 4.83. The predicted molar refractivity (Wildman–Crippen MR) is 103 cm³/mol. The van der Waals surface area contributed by atoms with E-state index in [9.17, 15) is 0 Å². The molecule has 6 nitrogen and oxygen atoms in total. The van der Waals surface area contributed by atoms with Gasteiger partial charge in [0.2, 0.25) is 5.95 Å². The van der Waals surface area contributed by atoms with Gasteiger partial charge in [0.1, 0.15) is 0 Å².